The average molecular weight is 367 g/mol. The van der Waals surface area contributed by atoms with Crippen LogP contribution in [0.3, 0.4) is 0 Å². The van der Waals surface area contributed by atoms with E-state index in [-0.39, 0.29) is 17.9 Å². The third-order valence-corrected chi connectivity index (χ3v) is 4.66. The summed E-state index contributed by atoms with van der Waals surface area (Å²) >= 11 is 0. The summed E-state index contributed by atoms with van der Waals surface area (Å²) in [5.41, 5.74) is 2.74. The Morgan fingerprint density at radius 3 is 2.07 bits per heavy atom. The van der Waals surface area contributed by atoms with Crippen LogP contribution >= 0.6 is 0 Å². The van der Waals surface area contributed by atoms with Gasteiger partial charge in [-0.05, 0) is 70.4 Å². The molecule has 4 nitrogen and oxygen atoms in total. The van der Waals surface area contributed by atoms with Crippen LogP contribution in [0.25, 0.3) is 0 Å². The molecule has 2 aromatic rings. The first-order chi connectivity index (χ1) is 12.6. The third kappa shape index (κ3) is 5.19. The Kier molecular flexibility index (Phi) is 6.42. The summed E-state index contributed by atoms with van der Waals surface area (Å²) in [5, 5.41) is 2.92. The van der Waals surface area contributed by atoms with Gasteiger partial charge in [0, 0.05) is 18.3 Å². The van der Waals surface area contributed by atoms with Crippen LogP contribution < -0.4 is 5.32 Å². The van der Waals surface area contributed by atoms with E-state index in [2.05, 4.69) is 5.32 Å². The summed E-state index contributed by atoms with van der Waals surface area (Å²) in [6.45, 7) is 11.8. The molecule has 0 radical (unpaired) electrons. The SMILES string of the molecule is Cc1cc(C)cc(NC(=O)C(C)(C)C(=O)N(Cc2ccccc2)C(C)C)c1. The molecule has 144 valence electrons. The minimum atomic E-state index is -1.17. The lowest BCUT2D eigenvalue weighted by molar-refractivity contribution is -0.148. The highest BCUT2D eigenvalue weighted by Crippen LogP contribution is 2.25. The Morgan fingerprint density at radius 2 is 1.56 bits per heavy atom. The van der Waals surface area contributed by atoms with Gasteiger partial charge in [0.1, 0.15) is 5.41 Å². The average Bonchev–Trinajstić information content (AvgIpc) is 2.58. The van der Waals surface area contributed by atoms with Crippen molar-refractivity contribution in [3.63, 3.8) is 0 Å². The number of carbonyl (C=O) groups excluding carboxylic acids is 2. The molecule has 0 aliphatic heterocycles. The number of amides is 2. The summed E-state index contributed by atoms with van der Waals surface area (Å²) in [6.07, 6.45) is 0. The molecular formula is C23H30N2O2. The highest BCUT2D eigenvalue weighted by atomic mass is 16.2. The monoisotopic (exact) mass is 366 g/mol. The zero-order valence-electron chi connectivity index (χ0n) is 17.2. The zero-order valence-corrected chi connectivity index (χ0v) is 17.2. The van der Waals surface area contributed by atoms with E-state index in [1.165, 1.54) is 0 Å². The molecule has 2 amide bonds. The molecule has 0 atom stereocenters. The predicted octanol–water partition coefficient (Wildman–Crippen LogP) is 4.71. The fourth-order valence-corrected chi connectivity index (χ4v) is 3.06. The molecule has 0 saturated heterocycles. The van der Waals surface area contributed by atoms with Crippen molar-refractivity contribution in [1.29, 1.82) is 0 Å². The van der Waals surface area contributed by atoms with Crippen molar-refractivity contribution in [3.8, 4) is 0 Å². The van der Waals surface area contributed by atoms with Crippen molar-refractivity contribution in [2.24, 2.45) is 5.41 Å². The van der Waals surface area contributed by atoms with Gasteiger partial charge in [-0.1, -0.05) is 36.4 Å². The number of rotatable bonds is 6. The predicted molar refractivity (Wildman–Crippen MR) is 110 cm³/mol. The van der Waals surface area contributed by atoms with Crippen LogP contribution in [0.2, 0.25) is 0 Å². The normalized spacial score (nSPS) is 11.4. The smallest absolute Gasteiger partial charge is 0.239 e. The van der Waals surface area contributed by atoms with Crippen LogP contribution in [-0.4, -0.2) is 22.8 Å². The highest BCUT2D eigenvalue weighted by molar-refractivity contribution is 6.09. The van der Waals surface area contributed by atoms with E-state index in [1.807, 2.05) is 76.2 Å². The van der Waals surface area contributed by atoms with E-state index in [1.54, 1.807) is 18.7 Å². The Balaban J connectivity index is 2.20. The molecule has 0 aliphatic carbocycles. The summed E-state index contributed by atoms with van der Waals surface area (Å²) in [7, 11) is 0. The lowest BCUT2D eigenvalue weighted by atomic mass is 9.89. The second-order valence-corrected chi connectivity index (χ2v) is 7.97. The summed E-state index contributed by atoms with van der Waals surface area (Å²) in [5.74, 6) is -0.473. The fraction of sp³-hybridized carbons (Fsp3) is 0.391. The van der Waals surface area contributed by atoms with Gasteiger partial charge >= 0.3 is 0 Å². The van der Waals surface area contributed by atoms with E-state index >= 15 is 0 Å². The van der Waals surface area contributed by atoms with E-state index in [9.17, 15) is 9.59 Å². The van der Waals surface area contributed by atoms with Crippen LogP contribution in [0, 0.1) is 19.3 Å². The van der Waals surface area contributed by atoms with E-state index in [4.69, 9.17) is 0 Å². The number of nitrogens with zero attached hydrogens (tertiary/aromatic N) is 1. The maximum Gasteiger partial charge on any atom is 0.239 e. The first-order valence-corrected chi connectivity index (χ1v) is 9.36. The molecule has 27 heavy (non-hydrogen) atoms. The topological polar surface area (TPSA) is 49.4 Å². The molecule has 0 spiro atoms. The number of anilines is 1. The lowest BCUT2D eigenvalue weighted by Gasteiger charge is -2.34. The van der Waals surface area contributed by atoms with Gasteiger partial charge in [0.2, 0.25) is 11.8 Å². The van der Waals surface area contributed by atoms with Crippen LogP contribution in [0.5, 0.6) is 0 Å². The summed E-state index contributed by atoms with van der Waals surface area (Å²) < 4.78 is 0. The van der Waals surface area contributed by atoms with Gasteiger partial charge in [-0.3, -0.25) is 9.59 Å². The molecule has 2 aromatic carbocycles. The second kappa shape index (κ2) is 8.38. The molecule has 1 N–H and O–H groups in total. The Bertz CT molecular complexity index is 790. The van der Waals surface area contributed by atoms with Crippen molar-refractivity contribution < 1.29 is 9.59 Å². The summed E-state index contributed by atoms with van der Waals surface area (Å²) in [4.78, 5) is 27.9. The van der Waals surface area contributed by atoms with Crippen molar-refractivity contribution in [2.45, 2.75) is 54.1 Å². The van der Waals surface area contributed by atoms with Crippen LogP contribution in [0.4, 0.5) is 5.69 Å². The van der Waals surface area contributed by atoms with E-state index in [0.717, 1.165) is 22.4 Å². The maximum atomic E-state index is 13.2. The van der Waals surface area contributed by atoms with Crippen molar-refractivity contribution in [3.05, 3.63) is 65.2 Å². The van der Waals surface area contributed by atoms with Gasteiger partial charge in [-0.2, -0.15) is 0 Å². The first-order valence-electron chi connectivity index (χ1n) is 9.36. The van der Waals surface area contributed by atoms with Crippen LogP contribution in [0.15, 0.2) is 48.5 Å². The van der Waals surface area contributed by atoms with Gasteiger partial charge in [-0.15, -0.1) is 0 Å². The minimum absolute atomic E-state index is 0.00834. The van der Waals surface area contributed by atoms with Crippen molar-refractivity contribution >= 4 is 17.5 Å². The maximum absolute atomic E-state index is 13.2. The third-order valence-electron chi connectivity index (χ3n) is 4.66. The van der Waals surface area contributed by atoms with Gasteiger partial charge in [0.15, 0.2) is 0 Å². The molecule has 0 bridgehead atoms. The van der Waals surface area contributed by atoms with Gasteiger partial charge in [-0.25, -0.2) is 0 Å². The van der Waals surface area contributed by atoms with Crippen LogP contribution in [0.1, 0.15) is 44.4 Å². The highest BCUT2D eigenvalue weighted by Gasteiger charge is 2.40. The molecule has 2 rings (SSSR count). The number of aryl methyl sites for hydroxylation is 2. The quantitative estimate of drug-likeness (QED) is 0.753. The molecular weight excluding hydrogens is 336 g/mol. The number of hydrogen-bond acceptors (Lipinski definition) is 2. The molecule has 0 heterocycles. The zero-order chi connectivity index (χ0) is 20.2. The van der Waals surface area contributed by atoms with Gasteiger partial charge < -0.3 is 10.2 Å². The molecule has 0 saturated carbocycles. The fourth-order valence-electron chi connectivity index (χ4n) is 3.06. The van der Waals surface area contributed by atoms with Crippen LogP contribution in [-0.2, 0) is 16.1 Å². The number of nitrogens with one attached hydrogen (secondary N) is 1. The molecule has 0 aromatic heterocycles. The largest absolute Gasteiger partial charge is 0.335 e. The minimum Gasteiger partial charge on any atom is -0.335 e. The van der Waals surface area contributed by atoms with Crippen molar-refractivity contribution in [2.75, 3.05) is 5.32 Å². The number of benzene rings is 2. The van der Waals surface area contributed by atoms with Gasteiger partial charge in [0.25, 0.3) is 0 Å². The first kappa shape index (κ1) is 20.7. The second-order valence-electron chi connectivity index (χ2n) is 7.97. The Hall–Kier alpha value is -2.62. The van der Waals surface area contributed by atoms with E-state index < -0.39 is 5.41 Å². The van der Waals surface area contributed by atoms with Crippen molar-refractivity contribution in [1.82, 2.24) is 4.90 Å². The molecule has 4 heteroatoms. The van der Waals surface area contributed by atoms with E-state index in [0.29, 0.717) is 6.54 Å². The molecule has 0 fully saturated rings. The Morgan fingerprint density at radius 1 is 1.00 bits per heavy atom. The summed E-state index contributed by atoms with van der Waals surface area (Å²) in [6, 6.07) is 15.7. The lowest BCUT2D eigenvalue weighted by Crippen LogP contribution is -2.49. The molecule has 0 unspecified atom stereocenters. The molecule has 0 aliphatic rings. The number of hydrogen-bond donors (Lipinski definition) is 1. The standard InChI is InChI=1S/C23H30N2O2/c1-16(2)25(15-19-10-8-7-9-11-19)22(27)23(5,6)21(26)24-20-13-17(3)12-18(4)14-20/h7-14,16H,15H2,1-6H3,(H,24,26). The Labute approximate surface area is 162 Å². The van der Waals surface area contributed by atoms with Gasteiger partial charge in [0.05, 0.1) is 0 Å². The number of carbonyl (C=O) groups is 2.